The van der Waals surface area contributed by atoms with Crippen molar-refractivity contribution in [3.8, 4) is 0 Å². The number of rotatable bonds is 4. The predicted octanol–water partition coefficient (Wildman–Crippen LogP) is 2.61. The zero-order chi connectivity index (χ0) is 13.9. The standard InChI is InChI=1S/C15H21NO3/c1-14(2,15(18)9-6-10-15)16-13(17)19-11-12-7-4-3-5-8-12/h3-5,7-8,18H,6,9-11H2,1-2H3,(H,16,17). The van der Waals surface area contributed by atoms with E-state index in [0.717, 1.165) is 24.8 Å². The summed E-state index contributed by atoms with van der Waals surface area (Å²) in [5.41, 5.74) is -0.532. The van der Waals surface area contributed by atoms with Crippen LogP contribution in [-0.2, 0) is 11.3 Å². The van der Waals surface area contributed by atoms with Crippen LogP contribution in [0.3, 0.4) is 0 Å². The molecule has 0 heterocycles. The van der Waals surface area contributed by atoms with Gasteiger partial charge >= 0.3 is 6.09 Å². The summed E-state index contributed by atoms with van der Waals surface area (Å²) in [6.07, 6.45) is 1.95. The first-order valence-corrected chi connectivity index (χ1v) is 6.64. The van der Waals surface area contributed by atoms with E-state index in [0.29, 0.717) is 0 Å². The molecule has 4 heteroatoms. The number of benzene rings is 1. The summed E-state index contributed by atoms with van der Waals surface area (Å²) in [7, 11) is 0. The monoisotopic (exact) mass is 263 g/mol. The van der Waals surface area contributed by atoms with Gasteiger partial charge in [0.1, 0.15) is 6.61 Å². The molecule has 1 aliphatic carbocycles. The number of ether oxygens (including phenoxy) is 1. The summed E-state index contributed by atoms with van der Waals surface area (Å²) >= 11 is 0. The molecule has 0 bridgehead atoms. The Balaban J connectivity index is 1.84. The molecule has 4 nitrogen and oxygen atoms in total. The molecule has 0 aromatic heterocycles. The van der Waals surface area contributed by atoms with Crippen LogP contribution in [0.25, 0.3) is 0 Å². The molecule has 1 fully saturated rings. The van der Waals surface area contributed by atoms with Crippen molar-refractivity contribution in [3.63, 3.8) is 0 Å². The topological polar surface area (TPSA) is 58.6 Å². The maximum absolute atomic E-state index is 11.8. The number of nitrogens with one attached hydrogen (secondary N) is 1. The number of carbonyl (C=O) groups excluding carboxylic acids is 1. The molecule has 0 saturated heterocycles. The molecular formula is C15H21NO3. The van der Waals surface area contributed by atoms with Crippen molar-refractivity contribution in [1.29, 1.82) is 0 Å². The molecule has 1 aliphatic rings. The molecule has 1 aromatic rings. The third kappa shape index (κ3) is 3.07. The van der Waals surface area contributed by atoms with Gasteiger partial charge in [-0.3, -0.25) is 0 Å². The van der Waals surface area contributed by atoms with Crippen LogP contribution in [0.5, 0.6) is 0 Å². The van der Waals surface area contributed by atoms with E-state index in [1.54, 1.807) is 0 Å². The molecule has 19 heavy (non-hydrogen) atoms. The highest BCUT2D eigenvalue weighted by atomic mass is 16.5. The predicted molar refractivity (Wildman–Crippen MR) is 72.6 cm³/mol. The number of alkyl carbamates (subject to hydrolysis) is 1. The fourth-order valence-electron chi connectivity index (χ4n) is 2.27. The minimum Gasteiger partial charge on any atom is -0.445 e. The Bertz CT molecular complexity index is 438. The lowest BCUT2D eigenvalue weighted by Crippen LogP contribution is -2.63. The number of amides is 1. The molecule has 0 aliphatic heterocycles. The Kier molecular flexibility index (Phi) is 3.80. The number of carbonyl (C=O) groups is 1. The van der Waals surface area contributed by atoms with Crippen molar-refractivity contribution in [1.82, 2.24) is 5.32 Å². The normalized spacial score (nSPS) is 17.4. The van der Waals surface area contributed by atoms with Gasteiger partial charge in [-0.25, -0.2) is 4.79 Å². The van der Waals surface area contributed by atoms with Crippen molar-refractivity contribution in [2.24, 2.45) is 0 Å². The second kappa shape index (κ2) is 5.21. The lowest BCUT2D eigenvalue weighted by molar-refractivity contribution is -0.0965. The largest absolute Gasteiger partial charge is 0.445 e. The molecule has 0 atom stereocenters. The summed E-state index contributed by atoms with van der Waals surface area (Å²) in [6.45, 7) is 3.90. The minimum absolute atomic E-state index is 0.237. The maximum atomic E-state index is 11.8. The molecule has 2 rings (SSSR count). The minimum atomic E-state index is -0.807. The molecule has 1 saturated carbocycles. The van der Waals surface area contributed by atoms with Crippen LogP contribution in [-0.4, -0.2) is 22.3 Å². The fourth-order valence-corrected chi connectivity index (χ4v) is 2.27. The second-order valence-corrected chi connectivity index (χ2v) is 5.70. The molecule has 2 N–H and O–H groups in total. The average molecular weight is 263 g/mol. The number of aliphatic hydroxyl groups is 1. The van der Waals surface area contributed by atoms with Gasteiger partial charge in [0.25, 0.3) is 0 Å². The first kappa shape index (κ1) is 13.9. The van der Waals surface area contributed by atoms with E-state index in [1.165, 1.54) is 0 Å². The van der Waals surface area contributed by atoms with Crippen LogP contribution in [0.15, 0.2) is 30.3 Å². The summed E-state index contributed by atoms with van der Waals surface area (Å²) in [5, 5.41) is 13.1. The molecule has 1 aromatic carbocycles. The van der Waals surface area contributed by atoms with E-state index in [4.69, 9.17) is 4.74 Å². The van der Waals surface area contributed by atoms with E-state index in [9.17, 15) is 9.90 Å². The van der Waals surface area contributed by atoms with Gasteiger partial charge in [0.2, 0.25) is 0 Å². The molecule has 104 valence electrons. The van der Waals surface area contributed by atoms with E-state index in [-0.39, 0.29) is 6.61 Å². The van der Waals surface area contributed by atoms with Gasteiger partial charge in [-0.1, -0.05) is 30.3 Å². The van der Waals surface area contributed by atoms with Crippen molar-refractivity contribution in [3.05, 3.63) is 35.9 Å². The first-order chi connectivity index (χ1) is 8.93. The zero-order valence-electron chi connectivity index (χ0n) is 11.5. The Morgan fingerprint density at radius 2 is 2.00 bits per heavy atom. The van der Waals surface area contributed by atoms with Gasteiger partial charge in [-0.15, -0.1) is 0 Å². The second-order valence-electron chi connectivity index (χ2n) is 5.70. The third-order valence-electron chi connectivity index (χ3n) is 3.97. The van der Waals surface area contributed by atoms with Gasteiger partial charge in [0, 0.05) is 0 Å². The fraction of sp³-hybridized carbons (Fsp3) is 0.533. The zero-order valence-corrected chi connectivity index (χ0v) is 11.5. The van der Waals surface area contributed by atoms with Crippen molar-refractivity contribution in [2.75, 3.05) is 0 Å². The molecule has 1 amide bonds. The van der Waals surface area contributed by atoms with Crippen molar-refractivity contribution in [2.45, 2.75) is 50.9 Å². The van der Waals surface area contributed by atoms with E-state index >= 15 is 0 Å². The summed E-state index contributed by atoms with van der Waals surface area (Å²) in [6, 6.07) is 9.52. The summed E-state index contributed by atoms with van der Waals surface area (Å²) in [5.74, 6) is 0. The Morgan fingerprint density at radius 3 is 2.53 bits per heavy atom. The highest BCUT2D eigenvalue weighted by Crippen LogP contribution is 2.40. The van der Waals surface area contributed by atoms with Gasteiger partial charge < -0.3 is 15.2 Å². The lowest BCUT2D eigenvalue weighted by atomic mass is 9.68. The van der Waals surface area contributed by atoms with Crippen LogP contribution in [0.1, 0.15) is 38.7 Å². The highest BCUT2D eigenvalue weighted by molar-refractivity contribution is 5.68. The molecule has 0 radical (unpaired) electrons. The van der Waals surface area contributed by atoms with Crippen LogP contribution in [0.4, 0.5) is 4.79 Å². The highest BCUT2D eigenvalue weighted by Gasteiger charge is 2.49. The summed E-state index contributed by atoms with van der Waals surface area (Å²) < 4.78 is 5.17. The SMILES string of the molecule is CC(C)(NC(=O)OCc1ccccc1)C1(O)CCC1. The van der Waals surface area contributed by atoms with Crippen LogP contribution in [0.2, 0.25) is 0 Å². The summed E-state index contributed by atoms with van der Waals surface area (Å²) in [4.78, 5) is 11.8. The lowest BCUT2D eigenvalue weighted by Gasteiger charge is -2.48. The van der Waals surface area contributed by atoms with Crippen LogP contribution in [0, 0.1) is 0 Å². The number of hydrogen-bond acceptors (Lipinski definition) is 3. The number of hydrogen-bond donors (Lipinski definition) is 2. The quantitative estimate of drug-likeness (QED) is 0.878. The van der Waals surface area contributed by atoms with E-state index < -0.39 is 17.2 Å². The molecular weight excluding hydrogens is 242 g/mol. The average Bonchev–Trinajstić information content (AvgIpc) is 2.34. The van der Waals surface area contributed by atoms with Gasteiger partial charge in [-0.2, -0.15) is 0 Å². The van der Waals surface area contributed by atoms with Gasteiger partial charge in [-0.05, 0) is 38.7 Å². The third-order valence-corrected chi connectivity index (χ3v) is 3.97. The first-order valence-electron chi connectivity index (χ1n) is 6.64. The molecule has 0 unspecified atom stereocenters. The van der Waals surface area contributed by atoms with Crippen LogP contribution >= 0.6 is 0 Å². The molecule has 0 spiro atoms. The van der Waals surface area contributed by atoms with Crippen molar-refractivity contribution >= 4 is 6.09 Å². The Hall–Kier alpha value is -1.55. The van der Waals surface area contributed by atoms with Crippen LogP contribution < -0.4 is 5.32 Å². The van der Waals surface area contributed by atoms with E-state index in [1.807, 2.05) is 44.2 Å². The van der Waals surface area contributed by atoms with E-state index in [2.05, 4.69) is 5.32 Å². The van der Waals surface area contributed by atoms with Gasteiger partial charge in [0.05, 0.1) is 11.1 Å². The van der Waals surface area contributed by atoms with Gasteiger partial charge in [0.15, 0.2) is 0 Å². The smallest absolute Gasteiger partial charge is 0.407 e. The Labute approximate surface area is 113 Å². The Morgan fingerprint density at radius 1 is 1.37 bits per heavy atom. The van der Waals surface area contributed by atoms with Crippen molar-refractivity contribution < 1.29 is 14.6 Å². The maximum Gasteiger partial charge on any atom is 0.407 e.